The van der Waals surface area contributed by atoms with Gasteiger partial charge in [-0.15, -0.1) is 0 Å². The lowest BCUT2D eigenvalue weighted by atomic mass is 10.1. The molecule has 0 aliphatic carbocycles. The summed E-state index contributed by atoms with van der Waals surface area (Å²) in [4.78, 5) is 16.5. The minimum Gasteiger partial charge on any atom is -0.392 e. The van der Waals surface area contributed by atoms with Crippen LogP contribution in [-0.2, 0) is 6.61 Å². The summed E-state index contributed by atoms with van der Waals surface area (Å²) in [5.41, 5.74) is 3.37. The lowest BCUT2D eigenvalue weighted by molar-refractivity contribution is 0.102. The number of hydrogen-bond acceptors (Lipinski definition) is 4. The van der Waals surface area contributed by atoms with Gasteiger partial charge in [0.2, 0.25) is 0 Å². The molecule has 1 amide bonds. The maximum absolute atomic E-state index is 12.4. The zero-order valence-electron chi connectivity index (χ0n) is 12.6. The molecule has 2 heterocycles. The molecule has 1 aromatic carbocycles. The van der Waals surface area contributed by atoms with Crippen LogP contribution in [0.4, 0.5) is 5.69 Å². The van der Waals surface area contributed by atoms with E-state index in [0.717, 1.165) is 16.8 Å². The van der Waals surface area contributed by atoms with Crippen LogP contribution in [0.25, 0.3) is 5.69 Å². The van der Waals surface area contributed by atoms with Gasteiger partial charge in [-0.3, -0.25) is 9.78 Å². The van der Waals surface area contributed by atoms with Crippen LogP contribution in [0.2, 0.25) is 0 Å². The van der Waals surface area contributed by atoms with Crippen LogP contribution in [0.3, 0.4) is 0 Å². The second kappa shape index (κ2) is 6.41. The molecule has 0 bridgehead atoms. The SMILES string of the molecule is Cc1ccc(CO)cc1NC(=O)c1cc(-n2cccn2)ccn1. The Morgan fingerprint density at radius 1 is 1.26 bits per heavy atom. The fraction of sp³-hybridized carbons (Fsp3) is 0.118. The molecule has 0 unspecified atom stereocenters. The Morgan fingerprint density at radius 2 is 2.13 bits per heavy atom. The molecule has 2 N–H and O–H groups in total. The van der Waals surface area contributed by atoms with Crippen molar-refractivity contribution in [2.24, 2.45) is 0 Å². The summed E-state index contributed by atoms with van der Waals surface area (Å²) in [6.07, 6.45) is 5.04. The summed E-state index contributed by atoms with van der Waals surface area (Å²) in [6.45, 7) is 1.82. The van der Waals surface area contributed by atoms with Crippen molar-refractivity contribution >= 4 is 11.6 Å². The quantitative estimate of drug-likeness (QED) is 0.775. The van der Waals surface area contributed by atoms with Crippen molar-refractivity contribution in [3.63, 3.8) is 0 Å². The number of carbonyl (C=O) groups is 1. The molecule has 2 aromatic heterocycles. The first kappa shape index (κ1) is 14.9. The van der Waals surface area contributed by atoms with E-state index in [1.807, 2.05) is 25.1 Å². The molecular weight excluding hydrogens is 292 g/mol. The van der Waals surface area contributed by atoms with Gasteiger partial charge in [0.1, 0.15) is 5.69 Å². The number of aromatic nitrogens is 3. The number of nitrogens with one attached hydrogen (secondary N) is 1. The van der Waals surface area contributed by atoms with Crippen molar-refractivity contribution in [2.45, 2.75) is 13.5 Å². The Hall–Kier alpha value is -2.99. The predicted molar refractivity (Wildman–Crippen MR) is 86.4 cm³/mol. The molecule has 3 rings (SSSR count). The van der Waals surface area contributed by atoms with Gasteiger partial charge in [0.05, 0.1) is 12.3 Å². The Kier molecular flexibility index (Phi) is 4.16. The Balaban J connectivity index is 1.85. The molecular formula is C17H16N4O2. The topological polar surface area (TPSA) is 80.0 Å². The lowest BCUT2D eigenvalue weighted by Crippen LogP contribution is -2.15. The number of pyridine rings is 1. The molecule has 23 heavy (non-hydrogen) atoms. The standard InChI is InChI=1S/C17H16N4O2/c1-12-3-4-13(11-22)9-15(12)20-17(23)16-10-14(5-7-18-16)21-8-2-6-19-21/h2-10,22H,11H2,1H3,(H,20,23). The second-order valence-corrected chi connectivity index (χ2v) is 5.11. The summed E-state index contributed by atoms with van der Waals surface area (Å²) in [5, 5.41) is 16.2. The third-order valence-corrected chi connectivity index (χ3v) is 3.48. The number of hydrogen-bond donors (Lipinski definition) is 2. The highest BCUT2D eigenvalue weighted by Gasteiger charge is 2.11. The minimum absolute atomic E-state index is 0.0732. The highest BCUT2D eigenvalue weighted by Crippen LogP contribution is 2.18. The fourth-order valence-corrected chi connectivity index (χ4v) is 2.20. The van der Waals surface area contributed by atoms with Gasteiger partial charge in [-0.05, 0) is 42.3 Å². The first-order valence-electron chi connectivity index (χ1n) is 7.15. The number of aryl methyl sites for hydroxylation is 1. The van der Waals surface area contributed by atoms with E-state index in [0.29, 0.717) is 11.4 Å². The summed E-state index contributed by atoms with van der Waals surface area (Å²) < 4.78 is 1.66. The van der Waals surface area contributed by atoms with Crippen LogP contribution < -0.4 is 5.32 Å². The van der Waals surface area contributed by atoms with Gasteiger partial charge in [-0.25, -0.2) is 4.68 Å². The summed E-state index contributed by atoms with van der Waals surface area (Å²) in [7, 11) is 0. The summed E-state index contributed by atoms with van der Waals surface area (Å²) in [6, 6.07) is 10.7. The van der Waals surface area contributed by atoms with Crippen molar-refractivity contribution in [3.05, 3.63) is 71.8 Å². The average Bonchev–Trinajstić information content (AvgIpc) is 3.11. The monoisotopic (exact) mass is 308 g/mol. The van der Waals surface area contributed by atoms with E-state index in [-0.39, 0.29) is 12.5 Å². The molecule has 3 aromatic rings. The van der Waals surface area contributed by atoms with E-state index in [2.05, 4.69) is 15.4 Å². The Labute approximate surface area is 133 Å². The third kappa shape index (κ3) is 3.27. The van der Waals surface area contributed by atoms with Crippen LogP contribution in [0.15, 0.2) is 55.0 Å². The second-order valence-electron chi connectivity index (χ2n) is 5.11. The van der Waals surface area contributed by atoms with Crippen LogP contribution in [0, 0.1) is 6.92 Å². The molecule has 0 saturated carbocycles. The van der Waals surface area contributed by atoms with Gasteiger partial charge in [0.25, 0.3) is 5.91 Å². The van der Waals surface area contributed by atoms with E-state index in [9.17, 15) is 9.90 Å². The van der Waals surface area contributed by atoms with Gasteiger partial charge in [0.15, 0.2) is 0 Å². The number of amides is 1. The van der Waals surface area contributed by atoms with Crippen molar-refractivity contribution in [3.8, 4) is 5.69 Å². The number of aliphatic hydroxyl groups excluding tert-OH is 1. The summed E-state index contributed by atoms with van der Waals surface area (Å²) >= 11 is 0. The van der Waals surface area contributed by atoms with Gasteiger partial charge in [-0.2, -0.15) is 5.10 Å². The molecule has 0 spiro atoms. The molecule has 0 atom stereocenters. The molecule has 6 nitrogen and oxygen atoms in total. The number of aliphatic hydroxyl groups is 1. The largest absolute Gasteiger partial charge is 0.392 e. The van der Waals surface area contributed by atoms with Gasteiger partial charge >= 0.3 is 0 Å². The van der Waals surface area contributed by atoms with E-state index in [4.69, 9.17) is 0 Å². The predicted octanol–water partition coefficient (Wildman–Crippen LogP) is 2.32. The average molecular weight is 308 g/mol. The number of benzene rings is 1. The normalized spacial score (nSPS) is 10.5. The first-order chi connectivity index (χ1) is 11.2. The van der Waals surface area contributed by atoms with Gasteiger partial charge in [-0.1, -0.05) is 12.1 Å². The van der Waals surface area contributed by atoms with Gasteiger partial charge in [0, 0.05) is 24.3 Å². The number of rotatable bonds is 4. The number of nitrogens with zero attached hydrogens (tertiary/aromatic N) is 3. The van der Waals surface area contributed by atoms with E-state index < -0.39 is 0 Å². The zero-order valence-corrected chi connectivity index (χ0v) is 12.6. The van der Waals surface area contributed by atoms with Crippen LogP contribution >= 0.6 is 0 Å². The molecule has 0 aliphatic rings. The fourth-order valence-electron chi connectivity index (χ4n) is 2.20. The lowest BCUT2D eigenvalue weighted by Gasteiger charge is -2.10. The van der Waals surface area contributed by atoms with E-state index >= 15 is 0 Å². The van der Waals surface area contributed by atoms with Crippen LogP contribution in [0.5, 0.6) is 0 Å². The van der Waals surface area contributed by atoms with E-state index in [1.165, 1.54) is 0 Å². The van der Waals surface area contributed by atoms with Crippen molar-refractivity contribution in [2.75, 3.05) is 5.32 Å². The van der Waals surface area contributed by atoms with Crippen LogP contribution in [-0.4, -0.2) is 25.8 Å². The zero-order chi connectivity index (χ0) is 16.2. The number of carbonyl (C=O) groups excluding carboxylic acids is 1. The van der Waals surface area contributed by atoms with Crippen molar-refractivity contribution in [1.29, 1.82) is 0 Å². The maximum Gasteiger partial charge on any atom is 0.274 e. The van der Waals surface area contributed by atoms with Crippen LogP contribution in [0.1, 0.15) is 21.6 Å². The smallest absolute Gasteiger partial charge is 0.274 e. The molecule has 0 saturated heterocycles. The van der Waals surface area contributed by atoms with Gasteiger partial charge < -0.3 is 10.4 Å². The Morgan fingerprint density at radius 3 is 2.87 bits per heavy atom. The summed E-state index contributed by atoms with van der Waals surface area (Å²) in [5.74, 6) is -0.308. The van der Waals surface area contributed by atoms with E-state index in [1.54, 1.807) is 41.5 Å². The third-order valence-electron chi connectivity index (χ3n) is 3.48. The minimum atomic E-state index is -0.308. The first-order valence-corrected chi connectivity index (χ1v) is 7.15. The molecule has 6 heteroatoms. The Bertz CT molecular complexity index is 828. The molecule has 116 valence electrons. The molecule has 0 fully saturated rings. The highest BCUT2D eigenvalue weighted by molar-refractivity contribution is 6.03. The molecule has 0 aliphatic heterocycles. The number of anilines is 1. The van der Waals surface area contributed by atoms with Crippen molar-refractivity contribution < 1.29 is 9.90 Å². The highest BCUT2D eigenvalue weighted by atomic mass is 16.3. The van der Waals surface area contributed by atoms with Crippen molar-refractivity contribution in [1.82, 2.24) is 14.8 Å². The molecule has 0 radical (unpaired) electrons. The maximum atomic E-state index is 12.4.